The predicted molar refractivity (Wildman–Crippen MR) is 103 cm³/mol. The summed E-state index contributed by atoms with van der Waals surface area (Å²) in [5, 5.41) is 12.2. The molecular weight excluding hydrogens is 346 g/mol. The minimum absolute atomic E-state index is 0.114. The number of allylic oxidation sites excluding steroid dienone is 2. The number of amides is 3. The first-order valence-corrected chi connectivity index (χ1v) is 8.61. The van der Waals surface area contributed by atoms with Crippen LogP contribution < -0.4 is 11.1 Å². The predicted octanol–water partition coefficient (Wildman–Crippen LogP) is 1.36. The first-order valence-electron chi connectivity index (χ1n) is 8.61. The Morgan fingerprint density at radius 1 is 1.44 bits per heavy atom. The van der Waals surface area contributed by atoms with Crippen LogP contribution in [0.5, 0.6) is 0 Å². The van der Waals surface area contributed by atoms with Gasteiger partial charge < -0.3 is 16.2 Å². The van der Waals surface area contributed by atoms with Crippen LogP contribution in [0.2, 0.25) is 0 Å². The van der Waals surface area contributed by atoms with Crippen molar-refractivity contribution in [3.63, 3.8) is 0 Å². The fourth-order valence-corrected chi connectivity index (χ4v) is 3.10. The molecule has 8 nitrogen and oxygen atoms in total. The summed E-state index contributed by atoms with van der Waals surface area (Å²) in [6.45, 7) is 2.00. The van der Waals surface area contributed by atoms with Crippen molar-refractivity contribution >= 4 is 23.6 Å². The zero-order valence-corrected chi connectivity index (χ0v) is 15.3. The van der Waals surface area contributed by atoms with Crippen molar-refractivity contribution in [2.45, 2.75) is 18.9 Å². The van der Waals surface area contributed by atoms with Gasteiger partial charge >= 0.3 is 6.03 Å². The third-order valence-corrected chi connectivity index (χ3v) is 4.78. The molecule has 0 spiro atoms. The lowest BCUT2D eigenvalue weighted by atomic mass is 9.87. The molecule has 3 amide bonds. The molecule has 8 heteroatoms. The number of nitrogens with two attached hydrogens (primary N) is 1. The van der Waals surface area contributed by atoms with Gasteiger partial charge in [0.15, 0.2) is 5.96 Å². The molecule has 1 aromatic carbocycles. The highest BCUT2D eigenvalue weighted by atomic mass is 16.3. The van der Waals surface area contributed by atoms with Crippen LogP contribution in [0.4, 0.5) is 10.5 Å². The maximum atomic E-state index is 12.6. The minimum Gasteiger partial charge on any atom is -0.390 e. The summed E-state index contributed by atoms with van der Waals surface area (Å²) in [5.74, 6) is 0.0540. The number of anilines is 1. The van der Waals surface area contributed by atoms with E-state index >= 15 is 0 Å². The van der Waals surface area contributed by atoms with Crippen LogP contribution in [0.1, 0.15) is 18.9 Å². The number of nitrogens with one attached hydrogen (secondary N) is 1. The van der Waals surface area contributed by atoms with E-state index in [2.05, 4.69) is 10.3 Å². The van der Waals surface area contributed by atoms with Crippen molar-refractivity contribution in [2.24, 2.45) is 10.7 Å². The number of guanidine groups is 1. The number of carbonyl (C=O) groups is 2. The van der Waals surface area contributed by atoms with Gasteiger partial charge in [0, 0.05) is 25.0 Å². The second-order valence-electron chi connectivity index (χ2n) is 6.74. The molecule has 0 unspecified atom stereocenters. The van der Waals surface area contributed by atoms with Crippen molar-refractivity contribution < 1.29 is 14.7 Å². The molecule has 0 aromatic heterocycles. The molecule has 3 rings (SSSR count). The lowest BCUT2D eigenvalue weighted by Gasteiger charge is -2.33. The molecule has 1 atom stereocenters. The zero-order valence-electron chi connectivity index (χ0n) is 15.3. The highest BCUT2D eigenvalue weighted by molar-refractivity contribution is 5.99. The average molecular weight is 369 g/mol. The molecule has 0 saturated heterocycles. The number of benzene rings is 1. The Balaban J connectivity index is 1.82. The summed E-state index contributed by atoms with van der Waals surface area (Å²) in [5.41, 5.74) is 6.96. The highest BCUT2D eigenvalue weighted by Crippen LogP contribution is 2.34. The number of hydrogen-bond donors (Lipinski definition) is 3. The van der Waals surface area contributed by atoms with E-state index in [1.807, 2.05) is 19.1 Å². The molecule has 0 radical (unpaired) electrons. The molecule has 2 aliphatic heterocycles. The van der Waals surface area contributed by atoms with E-state index in [1.54, 1.807) is 37.4 Å². The van der Waals surface area contributed by atoms with Crippen molar-refractivity contribution in [2.75, 3.05) is 25.5 Å². The van der Waals surface area contributed by atoms with Gasteiger partial charge in [0.1, 0.15) is 0 Å². The SMILES string of the molecule is CN1C(=O)C[C@@](C)(c2cccc(NC(=O)N3CC=CC=C3CO)c2)N=C1N. The van der Waals surface area contributed by atoms with Crippen LogP contribution in [-0.4, -0.2) is 53.0 Å². The molecule has 0 saturated carbocycles. The van der Waals surface area contributed by atoms with Gasteiger partial charge in [0.25, 0.3) is 0 Å². The van der Waals surface area contributed by atoms with E-state index in [9.17, 15) is 14.7 Å². The van der Waals surface area contributed by atoms with E-state index in [1.165, 1.54) is 9.80 Å². The normalized spacial score (nSPS) is 22.4. The summed E-state index contributed by atoms with van der Waals surface area (Å²) in [6, 6.07) is 6.85. The Bertz CT molecular complexity index is 861. The summed E-state index contributed by atoms with van der Waals surface area (Å²) in [6.07, 6.45) is 5.52. The van der Waals surface area contributed by atoms with E-state index in [0.717, 1.165) is 5.56 Å². The van der Waals surface area contributed by atoms with Gasteiger partial charge in [-0.05, 0) is 30.7 Å². The molecule has 4 N–H and O–H groups in total. The van der Waals surface area contributed by atoms with E-state index in [0.29, 0.717) is 17.9 Å². The largest absolute Gasteiger partial charge is 0.390 e. The number of rotatable bonds is 3. The van der Waals surface area contributed by atoms with Gasteiger partial charge in [0.2, 0.25) is 5.91 Å². The smallest absolute Gasteiger partial charge is 0.326 e. The zero-order chi connectivity index (χ0) is 19.6. The first kappa shape index (κ1) is 18.7. The monoisotopic (exact) mass is 369 g/mol. The van der Waals surface area contributed by atoms with Crippen LogP contribution in [-0.2, 0) is 10.3 Å². The third kappa shape index (κ3) is 3.70. The van der Waals surface area contributed by atoms with Crippen molar-refractivity contribution in [1.29, 1.82) is 0 Å². The van der Waals surface area contributed by atoms with Crippen molar-refractivity contribution in [1.82, 2.24) is 9.80 Å². The second kappa shape index (κ2) is 7.24. The summed E-state index contributed by atoms with van der Waals surface area (Å²) >= 11 is 0. The molecule has 2 heterocycles. The van der Waals surface area contributed by atoms with Gasteiger partial charge in [-0.3, -0.25) is 14.6 Å². The third-order valence-electron chi connectivity index (χ3n) is 4.78. The fraction of sp³-hybridized carbons (Fsp3) is 0.316. The van der Waals surface area contributed by atoms with Crippen molar-refractivity contribution in [3.05, 3.63) is 53.8 Å². The highest BCUT2D eigenvalue weighted by Gasteiger charge is 2.36. The van der Waals surface area contributed by atoms with Gasteiger partial charge in [-0.2, -0.15) is 0 Å². The number of carbonyl (C=O) groups excluding carboxylic acids is 2. The van der Waals surface area contributed by atoms with E-state index < -0.39 is 5.54 Å². The molecule has 27 heavy (non-hydrogen) atoms. The lowest BCUT2D eigenvalue weighted by Crippen LogP contribution is -2.47. The average Bonchev–Trinajstić information content (AvgIpc) is 2.66. The van der Waals surface area contributed by atoms with Crippen LogP contribution in [0.25, 0.3) is 0 Å². The topological polar surface area (TPSA) is 111 Å². The number of nitrogens with zero attached hydrogens (tertiary/aromatic N) is 3. The molecular formula is C19H23N5O3. The molecule has 0 aliphatic carbocycles. The lowest BCUT2D eigenvalue weighted by molar-refractivity contribution is -0.128. The maximum absolute atomic E-state index is 12.6. The van der Waals surface area contributed by atoms with E-state index in [4.69, 9.17) is 5.73 Å². The fourth-order valence-electron chi connectivity index (χ4n) is 3.10. The van der Waals surface area contributed by atoms with Gasteiger partial charge in [-0.1, -0.05) is 24.3 Å². The Morgan fingerprint density at radius 3 is 2.93 bits per heavy atom. The molecule has 0 fully saturated rings. The van der Waals surface area contributed by atoms with Crippen LogP contribution in [0.3, 0.4) is 0 Å². The molecule has 142 valence electrons. The quantitative estimate of drug-likeness (QED) is 0.747. The maximum Gasteiger partial charge on any atom is 0.326 e. The summed E-state index contributed by atoms with van der Waals surface area (Å²) in [7, 11) is 1.59. The Kier molecular flexibility index (Phi) is 5.00. The van der Waals surface area contributed by atoms with E-state index in [-0.39, 0.29) is 30.9 Å². The van der Waals surface area contributed by atoms with Gasteiger partial charge in [-0.25, -0.2) is 9.79 Å². The molecule has 0 bridgehead atoms. The Labute approximate surface area is 157 Å². The minimum atomic E-state index is -0.793. The second-order valence-corrected chi connectivity index (χ2v) is 6.74. The number of aliphatic hydroxyl groups excluding tert-OH is 1. The number of aliphatic imine (C=N–C) groups is 1. The molecule has 2 aliphatic rings. The van der Waals surface area contributed by atoms with Crippen molar-refractivity contribution in [3.8, 4) is 0 Å². The Hall–Kier alpha value is -3.13. The standard InChI is InChI=1S/C19H23N5O3/c1-19(11-16(26)23(2)17(20)22-19)13-6-5-7-14(10-13)21-18(27)24-9-4-3-8-15(24)12-25/h3-8,10,25H,9,11-12H2,1-2H3,(H2,20,22)(H,21,27)/t19-/m0/s1. The van der Waals surface area contributed by atoms with Gasteiger partial charge in [0.05, 0.1) is 18.6 Å². The molecule has 1 aromatic rings. The number of urea groups is 1. The van der Waals surface area contributed by atoms with Crippen LogP contribution >= 0.6 is 0 Å². The summed E-state index contributed by atoms with van der Waals surface area (Å²) < 4.78 is 0. The van der Waals surface area contributed by atoms with Crippen LogP contribution in [0.15, 0.2) is 53.2 Å². The first-order chi connectivity index (χ1) is 12.8. The number of hydrogen-bond acceptors (Lipinski definition) is 5. The Morgan fingerprint density at radius 2 is 2.22 bits per heavy atom. The van der Waals surface area contributed by atoms with Gasteiger partial charge in [-0.15, -0.1) is 0 Å². The number of aliphatic hydroxyl groups is 1. The summed E-state index contributed by atoms with van der Waals surface area (Å²) in [4.78, 5) is 32.0. The van der Waals surface area contributed by atoms with Crippen LogP contribution in [0, 0.1) is 0 Å².